The highest BCUT2D eigenvalue weighted by atomic mass is 19.1. The van der Waals surface area contributed by atoms with Crippen LogP contribution in [0.3, 0.4) is 0 Å². The van der Waals surface area contributed by atoms with Gasteiger partial charge in [-0.05, 0) is 42.5 Å². The van der Waals surface area contributed by atoms with Gasteiger partial charge in [-0.15, -0.1) is 0 Å². The first-order valence-corrected chi connectivity index (χ1v) is 11.1. The maximum Gasteiger partial charge on any atom is 0.243 e. The lowest BCUT2D eigenvalue weighted by atomic mass is 10.1. The van der Waals surface area contributed by atoms with Gasteiger partial charge in [-0.1, -0.05) is 38.1 Å². The lowest BCUT2D eigenvalue weighted by Crippen LogP contribution is -2.27. The average Bonchev–Trinajstić information content (AvgIpc) is 3.15. The molecule has 32 heavy (non-hydrogen) atoms. The van der Waals surface area contributed by atoms with Gasteiger partial charge in [0.05, 0.1) is 24.4 Å². The fraction of sp³-hybridized carbons (Fsp3) is 0.400. The molecule has 0 saturated heterocycles. The first kappa shape index (κ1) is 22.1. The number of benzene rings is 1. The Kier molecular flexibility index (Phi) is 6.95. The number of anilines is 1. The Morgan fingerprint density at radius 1 is 1.09 bits per heavy atom. The van der Waals surface area contributed by atoms with Gasteiger partial charge in [0.2, 0.25) is 11.8 Å². The molecular formula is C25H29FN4O2. The minimum atomic E-state index is -0.501. The molecule has 1 aliphatic carbocycles. The number of rotatable bonds is 9. The second-order valence-electron chi connectivity index (χ2n) is 7.87. The quantitative estimate of drug-likeness (QED) is 0.500. The van der Waals surface area contributed by atoms with Crippen LogP contribution in [0.2, 0.25) is 0 Å². The summed E-state index contributed by atoms with van der Waals surface area (Å²) >= 11 is 0. The number of alkyl halides is 1. The van der Waals surface area contributed by atoms with Gasteiger partial charge in [0.25, 0.3) is 0 Å². The second kappa shape index (κ2) is 10.0. The monoisotopic (exact) mass is 436 g/mol. The summed E-state index contributed by atoms with van der Waals surface area (Å²) in [6, 6.07) is 11.9. The molecule has 1 aliphatic rings. The Balaban J connectivity index is 1.65. The third-order valence-corrected chi connectivity index (χ3v) is 5.65. The molecule has 7 heteroatoms. The Bertz CT molecular complexity index is 1080. The number of hydrogen-bond donors (Lipinski definition) is 1. The predicted molar refractivity (Wildman–Crippen MR) is 122 cm³/mol. The normalized spacial score (nSPS) is 17.2. The SMILES string of the molecule is CCc1nc(Oc2cc(C)ccn2)c(CC)nc1N[C@@H]1c2ccccc2C[C@@H]1OCCF. The van der Waals surface area contributed by atoms with Crippen LogP contribution in [0.5, 0.6) is 11.8 Å². The molecule has 4 rings (SSSR count). The second-order valence-corrected chi connectivity index (χ2v) is 7.87. The van der Waals surface area contributed by atoms with E-state index in [1.54, 1.807) is 6.20 Å². The molecule has 0 spiro atoms. The molecular weight excluding hydrogens is 407 g/mol. The number of aryl methyl sites for hydroxylation is 3. The smallest absolute Gasteiger partial charge is 0.243 e. The number of hydrogen-bond acceptors (Lipinski definition) is 6. The fourth-order valence-corrected chi connectivity index (χ4v) is 4.05. The third kappa shape index (κ3) is 4.72. The van der Waals surface area contributed by atoms with Gasteiger partial charge in [-0.2, -0.15) is 0 Å². The Morgan fingerprint density at radius 2 is 1.91 bits per heavy atom. The molecule has 3 aromatic rings. The van der Waals surface area contributed by atoms with Crippen LogP contribution in [0.1, 0.15) is 48.0 Å². The molecule has 0 bridgehead atoms. The summed E-state index contributed by atoms with van der Waals surface area (Å²) in [6.45, 7) is 5.63. The molecule has 0 fully saturated rings. The molecule has 1 N–H and O–H groups in total. The van der Waals surface area contributed by atoms with Crippen LogP contribution in [0.25, 0.3) is 0 Å². The van der Waals surface area contributed by atoms with E-state index in [0.717, 1.165) is 28.9 Å². The van der Waals surface area contributed by atoms with E-state index in [9.17, 15) is 4.39 Å². The highest BCUT2D eigenvalue weighted by Crippen LogP contribution is 2.37. The zero-order chi connectivity index (χ0) is 22.5. The van der Waals surface area contributed by atoms with E-state index >= 15 is 0 Å². The van der Waals surface area contributed by atoms with Crippen LogP contribution < -0.4 is 10.1 Å². The molecule has 0 saturated carbocycles. The van der Waals surface area contributed by atoms with E-state index in [1.807, 2.05) is 45.0 Å². The van der Waals surface area contributed by atoms with Gasteiger partial charge in [-0.3, -0.25) is 0 Å². The zero-order valence-electron chi connectivity index (χ0n) is 18.8. The molecule has 2 heterocycles. The zero-order valence-corrected chi connectivity index (χ0v) is 18.8. The van der Waals surface area contributed by atoms with Crippen LogP contribution >= 0.6 is 0 Å². The number of ether oxygens (including phenoxy) is 2. The summed E-state index contributed by atoms with van der Waals surface area (Å²) in [5.41, 5.74) is 4.98. The molecule has 6 nitrogen and oxygen atoms in total. The average molecular weight is 437 g/mol. The molecule has 1 aromatic carbocycles. The number of nitrogens with one attached hydrogen (secondary N) is 1. The van der Waals surface area contributed by atoms with E-state index in [-0.39, 0.29) is 18.8 Å². The van der Waals surface area contributed by atoms with Crippen molar-refractivity contribution in [2.24, 2.45) is 0 Å². The van der Waals surface area contributed by atoms with Crippen LogP contribution in [-0.4, -0.2) is 34.3 Å². The molecule has 0 unspecified atom stereocenters. The van der Waals surface area contributed by atoms with Crippen LogP contribution in [0.4, 0.5) is 10.2 Å². The largest absolute Gasteiger partial charge is 0.419 e. The maximum atomic E-state index is 12.8. The minimum absolute atomic E-state index is 0.0830. The summed E-state index contributed by atoms with van der Waals surface area (Å²) in [5.74, 6) is 1.69. The van der Waals surface area contributed by atoms with Gasteiger partial charge in [0.15, 0.2) is 0 Å². The van der Waals surface area contributed by atoms with Gasteiger partial charge < -0.3 is 14.8 Å². The van der Waals surface area contributed by atoms with Gasteiger partial charge in [-0.25, -0.2) is 19.3 Å². The van der Waals surface area contributed by atoms with E-state index in [0.29, 0.717) is 30.4 Å². The predicted octanol–water partition coefficient (Wildman–Crippen LogP) is 5.16. The Labute approximate surface area is 188 Å². The van der Waals surface area contributed by atoms with Crippen molar-refractivity contribution in [2.75, 3.05) is 18.6 Å². The third-order valence-electron chi connectivity index (χ3n) is 5.65. The molecule has 0 aliphatic heterocycles. The first-order valence-electron chi connectivity index (χ1n) is 11.1. The van der Waals surface area contributed by atoms with Crippen LogP contribution in [0, 0.1) is 6.92 Å². The Morgan fingerprint density at radius 3 is 2.66 bits per heavy atom. The molecule has 2 atom stereocenters. The van der Waals surface area contributed by atoms with E-state index in [2.05, 4.69) is 22.4 Å². The summed E-state index contributed by atoms with van der Waals surface area (Å²) in [5, 5.41) is 3.56. The summed E-state index contributed by atoms with van der Waals surface area (Å²) in [4.78, 5) is 13.9. The first-order chi connectivity index (χ1) is 15.6. The number of halogens is 1. The van der Waals surface area contributed by atoms with Gasteiger partial charge in [0.1, 0.15) is 18.2 Å². The van der Waals surface area contributed by atoms with E-state index in [4.69, 9.17) is 19.4 Å². The minimum Gasteiger partial charge on any atom is -0.419 e. The van der Waals surface area contributed by atoms with E-state index in [1.165, 1.54) is 5.56 Å². The van der Waals surface area contributed by atoms with Crippen molar-refractivity contribution in [3.63, 3.8) is 0 Å². The van der Waals surface area contributed by atoms with Crippen molar-refractivity contribution in [1.29, 1.82) is 0 Å². The van der Waals surface area contributed by atoms with Gasteiger partial charge >= 0.3 is 0 Å². The van der Waals surface area contributed by atoms with Crippen molar-refractivity contribution < 1.29 is 13.9 Å². The Hall–Kier alpha value is -3.06. The van der Waals surface area contributed by atoms with Crippen molar-refractivity contribution >= 4 is 5.82 Å². The lowest BCUT2D eigenvalue weighted by Gasteiger charge is -2.24. The number of fused-ring (bicyclic) bond motifs is 1. The van der Waals surface area contributed by atoms with Gasteiger partial charge in [0, 0.05) is 18.7 Å². The highest BCUT2D eigenvalue weighted by molar-refractivity contribution is 5.50. The fourth-order valence-electron chi connectivity index (χ4n) is 4.05. The molecule has 2 aromatic heterocycles. The standard InChI is InChI=1S/C25H29FN4O2/c1-4-19-24(28-20(5-2)25(29-19)32-22-14-16(3)10-12-27-22)30-23-18-9-7-6-8-17(18)15-21(23)31-13-11-26/h6-10,12,14,21,23H,4-5,11,13,15H2,1-3H3,(H,28,30)/t21-,23+/m0/s1. The van der Waals surface area contributed by atoms with Crippen molar-refractivity contribution in [2.45, 2.75) is 52.2 Å². The van der Waals surface area contributed by atoms with Crippen LogP contribution in [0.15, 0.2) is 42.6 Å². The number of pyridine rings is 1. The van der Waals surface area contributed by atoms with Crippen molar-refractivity contribution in [3.8, 4) is 11.8 Å². The molecule has 0 amide bonds. The number of aromatic nitrogens is 3. The van der Waals surface area contributed by atoms with E-state index < -0.39 is 6.67 Å². The summed E-state index contributed by atoms with van der Waals surface area (Å²) in [6.07, 6.45) is 3.64. The lowest BCUT2D eigenvalue weighted by molar-refractivity contribution is 0.0393. The summed E-state index contributed by atoms with van der Waals surface area (Å²) in [7, 11) is 0. The number of nitrogens with zero attached hydrogens (tertiary/aromatic N) is 3. The van der Waals surface area contributed by atoms with Crippen molar-refractivity contribution in [3.05, 3.63) is 70.7 Å². The maximum absolute atomic E-state index is 12.8. The topological polar surface area (TPSA) is 69.2 Å². The van der Waals surface area contributed by atoms with Crippen molar-refractivity contribution in [1.82, 2.24) is 15.0 Å². The van der Waals surface area contributed by atoms with Crippen LogP contribution in [-0.2, 0) is 24.0 Å². The summed E-state index contributed by atoms with van der Waals surface area (Å²) < 4.78 is 24.7. The highest BCUT2D eigenvalue weighted by Gasteiger charge is 2.34. The molecule has 168 valence electrons. The molecule has 0 radical (unpaired) electrons.